The molecule has 226 valence electrons. The summed E-state index contributed by atoms with van der Waals surface area (Å²) in [5.41, 5.74) is 0. The summed E-state index contributed by atoms with van der Waals surface area (Å²) < 4.78 is 39.3. The average Bonchev–Trinajstić information content (AvgIpc) is 3.57. The van der Waals surface area contributed by atoms with E-state index in [1.165, 1.54) is 37.5 Å². The van der Waals surface area contributed by atoms with Crippen molar-refractivity contribution in [1.82, 2.24) is 14.4 Å². The molecule has 0 aromatic heterocycles. The fourth-order valence-electron chi connectivity index (χ4n) is 4.67. The summed E-state index contributed by atoms with van der Waals surface area (Å²) in [6, 6.07) is -2.17. The number of rotatable bonds is 6. The number of nitrogens with zero attached hydrogens (tertiary/aromatic N) is 3. The maximum absolute atomic E-state index is 12.9. The number of methoxy groups -OCH3 is 3. The van der Waals surface area contributed by atoms with Crippen LogP contribution in [0.3, 0.4) is 0 Å². The highest BCUT2D eigenvalue weighted by molar-refractivity contribution is 6.47. The molecule has 3 aliphatic rings. The summed E-state index contributed by atoms with van der Waals surface area (Å²) in [6.07, 6.45) is -0.682. The van der Waals surface area contributed by atoms with E-state index in [1.807, 2.05) is 0 Å². The zero-order valence-electron chi connectivity index (χ0n) is 23.5. The fraction of sp³-hybridized carbons (Fsp3) is 0.810. The molecule has 0 radical (unpaired) electrons. The number of halogens is 2. The highest BCUT2D eigenvalue weighted by atomic mass is 19.3. The molecule has 0 unspecified atom stereocenters. The minimum absolute atomic E-state index is 0.0451. The van der Waals surface area contributed by atoms with Gasteiger partial charge in [-0.05, 0) is 26.9 Å². The number of ketones is 1. The first kappa shape index (κ1) is 35.9. The second kappa shape index (κ2) is 15.7. The maximum Gasteiger partial charge on any atom is 0.377 e. The van der Waals surface area contributed by atoms with E-state index in [1.54, 1.807) is 6.82 Å². The number of alkyl halides is 2. The van der Waals surface area contributed by atoms with Gasteiger partial charge in [-0.3, -0.25) is 28.8 Å². The molecule has 0 amide bonds. The molecule has 0 aromatic carbocycles. The van der Waals surface area contributed by atoms with Gasteiger partial charge in [0.05, 0.1) is 34.0 Å². The molecule has 14 nitrogen and oxygen atoms in total. The van der Waals surface area contributed by atoms with Crippen molar-refractivity contribution in [2.45, 2.75) is 69.9 Å². The number of hydrogen-bond donors (Lipinski definition) is 4. The number of esters is 3. The van der Waals surface area contributed by atoms with Gasteiger partial charge in [-0.1, -0.05) is 0 Å². The van der Waals surface area contributed by atoms with Gasteiger partial charge in [0.15, 0.2) is 0 Å². The fourth-order valence-corrected chi connectivity index (χ4v) is 4.67. The molecule has 19 heteroatoms. The first-order valence-electron chi connectivity index (χ1n) is 12.6. The quantitative estimate of drug-likeness (QED) is 0.148. The number of Topliss-reactive ketones (excluding diaryl/α,β-unsaturated/α-hetero) is 1. The molecule has 0 spiro atoms. The molecule has 4 atom stereocenters. The molecule has 3 heterocycles. The number of aliphatic hydroxyl groups excluding tert-OH is 1. The van der Waals surface area contributed by atoms with Crippen molar-refractivity contribution in [3.63, 3.8) is 0 Å². The molecule has 0 aromatic rings. The smallest absolute Gasteiger partial charge is 0.377 e. The zero-order chi connectivity index (χ0) is 30.9. The minimum Gasteiger partial charge on any atom is -0.468 e. The Labute approximate surface area is 232 Å². The SMILES string of the molecule is COC(=O)[C@H]1CC(=O)CN1B(C)O.COC(=O)[C@H]1CC(F)(F)CN1B(C)O.COC(=O)[C@H]1C[C@@H](O)CN1B(C)O. The number of β-amino-alcohol motifs (C(OH)–C–C–N with tert-alkyl or cyclic N) is 1. The van der Waals surface area contributed by atoms with Gasteiger partial charge in [-0.15, -0.1) is 0 Å². The average molecular weight is 579 g/mol. The Morgan fingerprint density at radius 2 is 1.27 bits per heavy atom. The van der Waals surface area contributed by atoms with E-state index in [2.05, 4.69) is 14.2 Å². The van der Waals surface area contributed by atoms with Crippen LogP contribution in [0.2, 0.25) is 20.5 Å². The molecule has 3 aliphatic heterocycles. The number of ether oxygens (including phenoxy) is 3. The second-order valence-electron chi connectivity index (χ2n) is 9.75. The van der Waals surface area contributed by atoms with Crippen LogP contribution in [0.15, 0.2) is 0 Å². The van der Waals surface area contributed by atoms with E-state index >= 15 is 0 Å². The molecular weight excluding hydrogens is 541 g/mol. The summed E-state index contributed by atoms with van der Waals surface area (Å²) >= 11 is 0. The Hall–Kier alpha value is -2.15. The lowest BCUT2D eigenvalue weighted by molar-refractivity contribution is -0.145. The monoisotopic (exact) mass is 579 g/mol. The largest absolute Gasteiger partial charge is 0.468 e. The number of carbonyl (C=O) groups excluding carboxylic acids is 4. The topological polar surface area (TPSA) is 187 Å². The van der Waals surface area contributed by atoms with Gasteiger partial charge in [0.2, 0.25) is 0 Å². The van der Waals surface area contributed by atoms with Crippen molar-refractivity contribution < 1.29 is 62.3 Å². The van der Waals surface area contributed by atoms with E-state index in [9.17, 15) is 48.1 Å². The minimum atomic E-state index is -2.93. The molecule has 3 fully saturated rings. The van der Waals surface area contributed by atoms with Crippen LogP contribution in [0, 0.1) is 0 Å². The molecule has 0 bridgehead atoms. The Morgan fingerprint density at radius 3 is 1.73 bits per heavy atom. The van der Waals surface area contributed by atoms with Crippen molar-refractivity contribution in [1.29, 1.82) is 0 Å². The van der Waals surface area contributed by atoms with E-state index in [0.717, 1.165) is 11.9 Å². The van der Waals surface area contributed by atoms with Gasteiger partial charge in [-0.25, -0.2) is 8.78 Å². The van der Waals surface area contributed by atoms with Crippen LogP contribution in [0.25, 0.3) is 0 Å². The highest BCUT2D eigenvalue weighted by Gasteiger charge is 2.50. The first-order chi connectivity index (χ1) is 18.5. The van der Waals surface area contributed by atoms with Crippen molar-refractivity contribution >= 4 is 44.8 Å². The summed E-state index contributed by atoms with van der Waals surface area (Å²) in [4.78, 5) is 48.5. The van der Waals surface area contributed by atoms with Crippen molar-refractivity contribution in [3.05, 3.63) is 0 Å². The third kappa shape index (κ3) is 10.0. The first-order valence-corrected chi connectivity index (χ1v) is 12.6. The summed E-state index contributed by atoms with van der Waals surface area (Å²) in [5, 5.41) is 37.0. The molecule has 3 saturated heterocycles. The molecule has 0 aliphatic carbocycles. The van der Waals surface area contributed by atoms with Gasteiger partial charge in [-0.2, -0.15) is 0 Å². The summed E-state index contributed by atoms with van der Waals surface area (Å²) in [6.45, 7) is 4.26. The normalized spacial score (nSPS) is 26.1. The van der Waals surface area contributed by atoms with E-state index in [0.29, 0.717) is 13.0 Å². The standard InChI is InChI=1S/C7H12BF2NO3.C7H14BNO4.C7H12BNO4/c1-8(13)11-4-7(9,10)3-5(11)6(12)14-2;2*1-8(12)9-4-5(10)3-6(9)7(11)13-2/h5,13H,3-4H2,1-2H3;5-6,10,12H,3-4H2,1-2H3;6,12H,3-4H2,1-2H3/t5-;5-,6-;6-/m111/s1. The van der Waals surface area contributed by atoms with Crippen LogP contribution < -0.4 is 0 Å². The van der Waals surface area contributed by atoms with Crippen LogP contribution in [0.4, 0.5) is 8.78 Å². The molecule has 0 saturated carbocycles. The molecular formula is C21H38B3F2N3O11. The summed E-state index contributed by atoms with van der Waals surface area (Å²) in [5.74, 6) is -4.58. The third-order valence-corrected chi connectivity index (χ3v) is 6.66. The summed E-state index contributed by atoms with van der Waals surface area (Å²) in [7, 11) is 1.10. The van der Waals surface area contributed by atoms with Crippen molar-refractivity contribution in [3.8, 4) is 0 Å². The van der Waals surface area contributed by atoms with Gasteiger partial charge < -0.3 is 39.2 Å². The van der Waals surface area contributed by atoms with Gasteiger partial charge in [0.1, 0.15) is 23.9 Å². The predicted molar refractivity (Wildman–Crippen MR) is 139 cm³/mol. The molecule has 40 heavy (non-hydrogen) atoms. The third-order valence-electron chi connectivity index (χ3n) is 6.66. The van der Waals surface area contributed by atoms with Gasteiger partial charge >= 0.3 is 39.1 Å². The number of hydrogen-bond acceptors (Lipinski definition) is 14. The van der Waals surface area contributed by atoms with E-state index < -0.39 is 82.2 Å². The number of aliphatic hydroxyl groups is 1. The van der Waals surface area contributed by atoms with E-state index in [-0.39, 0.29) is 18.7 Å². The molecule has 3 rings (SSSR count). The Morgan fingerprint density at radius 1 is 0.825 bits per heavy atom. The highest BCUT2D eigenvalue weighted by Crippen LogP contribution is 2.32. The predicted octanol–water partition coefficient (Wildman–Crippen LogP) is -2.40. The van der Waals surface area contributed by atoms with Gasteiger partial charge in [0, 0.05) is 25.9 Å². The van der Waals surface area contributed by atoms with Crippen molar-refractivity contribution in [2.75, 3.05) is 41.0 Å². The Kier molecular flexibility index (Phi) is 14.1. The van der Waals surface area contributed by atoms with Crippen LogP contribution in [-0.4, -0.2) is 151 Å². The van der Waals surface area contributed by atoms with E-state index in [4.69, 9.17) is 0 Å². The Bertz CT molecular complexity index is 888. The Balaban J connectivity index is 0.000000300. The lowest BCUT2D eigenvalue weighted by atomic mass is 9.84. The van der Waals surface area contributed by atoms with Crippen LogP contribution in [0.5, 0.6) is 0 Å². The second-order valence-corrected chi connectivity index (χ2v) is 9.75. The lowest BCUT2D eigenvalue weighted by Crippen LogP contribution is -2.45. The van der Waals surface area contributed by atoms with Crippen LogP contribution in [0.1, 0.15) is 19.3 Å². The zero-order valence-corrected chi connectivity index (χ0v) is 23.5. The lowest BCUT2D eigenvalue weighted by Gasteiger charge is -2.22. The van der Waals surface area contributed by atoms with Crippen molar-refractivity contribution in [2.24, 2.45) is 0 Å². The maximum atomic E-state index is 12.9. The molecule has 4 N–H and O–H groups in total. The van der Waals surface area contributed by atoms with Gasteiger partial charge in [0.25, 0.3) is 5.92 Å². The number of carbonyl (C=O) groups is 4. The van der Waals surface area contributed by atoms with Crippen LogP contribution >= 0.6 is 0 Å². The van der Waals surface area contributed by atoms with Crippen LogP contribution in [-0.2, 0) is 33.4 Å².